The molecule has 0 bridgehead atoms. The predicted octanol–water partition coefficient (Wildman–Crippen LogP) is 5.17. The molecule has 0 atom stereocenters. The molecule has 4 rings (SSSR count). The van der Waals surface area contributed by atoms with Gasteiger partial charge in [-0.05, 0) is 57.0 Å². The highest BCUT2D eigenvalue weighted by Crippen LogP contribution is 2.26. The Hall–Kier alpha value is -3.23. The molecule has 4 aromatic rings. The van der Waals surface area contributed by atoms with Gasteiger partial charge in [0.15, 0.2) is 10.9 Å². The summed E-state index contributed by atoms with van der Waals surface area (Å²) in [5, 5.41) is 12.7. The Bertz CT molecular complexity index is 1320. The van der Waals surface area contributed by atoms with E-state index in [9.17, 15) is 4.79 Å². The molecule has 2 aromatic heterocycles. The zero-order valence-electron chi connectivity index (χ0n) is 19.5. The van der Waals surface area contributed by atoms with Crippen molar-refractivity contribution in [3.05, 3.63) is 93.0 Å². The number of carbonyl (C=O) groups excluding carboxylic acids is 1. The van der Waals surface area contributed by atoms with Crippen molar-refractivity contribution in [2.45, 2.75) is 45.1 Å². The molecule has 0 saturated heterocycles. The predicted molar refractivity (Wildman–Crippen MR) is 135 cm³/mol. The second kappa shape index (κ2) is 10.4. The second-order valence-electron chi connectivity index (χ2n) is 8.12. The minimum Gasteiger partial charge on any atom is -0.347 e. The van der Waals surface area contributed by atoms with E-state index in [0.717, 1.165) is 28.2 Å². The molecule has 34 heavy (non-hydrogen) atoms. The number of hydrogen-bond acceptors (Lipinski definition) is 6. The molecule has 1 N–H and O–H groups in total. The van der Waals surface area contributed by atoms with Gasteiger partial charge in [0, 0.05) is 28.7 Å². The Labute approximate surface area is 208 Å². The Morgan fingerprint density at radius 3 is 2.38 bits per heavy atom. The lowest BCUT2D eigenvalue weighted by molar-refractivity contribution is 0.0945. The maximum Gasteiger partial charge on any atom is 0.274 e. The highest BCUT2D eigenvalue weighted by molar-refractivity contribution is 7.98. The van der Waals surface area contributed by atoms with Gasteiger partial charge >= 0.3 is 0 Å². The minimum absolute atomic E-state index is 0.265. The van der Waals surface area contributed by atoms with Crippen LogP contribution >= 0.6 is 23.4 Å². The first kappa shape index (κ1) is 23.9. The number of hydrogen-bond donors (Lipinski definition) is 1. The molecule has 0 saturated carbocycles. The molecule has 1 amide bonds. The Balaban J connectivity index is 1.63. The van der Waals surface area contributed by atoms with Gasteiger partial charge in [-0.3, -0.25) is 4.79 Å². The van der Waals surface area contributed by atoms with Crippen LogP contribution in [0.2, 0.25) is 5.02 Å². The fourth-order valence-corrected chi connectivity index (χ4v) is 4.51. The lowest BCUT2D eigenvalue weighted by Crippen LogP contribution is -2.24. The lowest BCUT2D eigenvalue weighted by Gasteiger charge is -2.10. The van der Waals surface area contributed by atoms with E-state index in [-0.39, 0.29) is 11.6 Å². The largest absolute Gasteiger partial charge is 0.347 e. The first-order valence-electron chi connectivity index (χ1n) is 10.8. The third-order valence-corrected chi connectivity index (χ3v) is 6.52. The molecule has 0 unspecified atom stereocenters. The third kappa shape index (κ3) is 5.63. The molecule has 7 nitrogen and oxygen atoms in total. The number of thioether (sulfide) groups is 1. The second-order valence-corrected chi connectivity index (χ2v) is 9.47. The van der Waals surface area contributed by atoms with Crippen molar-refractivity contribution in [2.75, 3.05) is 0 Å². The van der Waals surface area contributed by atoms with Gasteiger partial charge in [0.05, 0.1) is 11.4 Å². The molecule has 0 radical (unpaired) electrons. The molecule has 0 aliphatic rings. The van der Waals surface area contributed by atoms with Gasteiger partial charge in [0.1, 0.15) is 0 Å². The van der Waals surface area contributed by atoms with Crippen molar-refractivity contribution in [1.82, 2.24) is 30.3 Å². The SMILES string of the molecule is Cc1ccc(CNC(=O)c2nnn(-c3ccc(C)c(Cl)c3)c2CSc2nc(C)cc(C)n2)cc1. The van der Waals surface area contributed by atoms with Gasteiger partial charge in [-0.1, -0.05) is 64.5 Å². The molecular formula is C25H25ClN6OS. The molecule has 2 aromatic carbocycles. The first-order valence-corrected chi connectivity index (χ1v) is 12.2. The van der Waals surface area contributed by atoms with Crippen LogP contribution in [0.15, 0.2) is 53.7 Å². The normalized spacial score (nSPS) is 11.0. The number of amides is 1. The average molecular weight is 493 g/mol. The molecule has 0 fully saturated rings. The Kier molecular flexibility index (Phi) is 7.29. The molecule has 0 aliphatic carbocycles. The number of carbonyl (C=O) groups is 1. The summed E-state index contributed by atoms with van der Waals surface area (Å²) in [4.78, 5) is 22.1. The summed E-state index contributed by atoms with van der Waals surface area (Å²) in [6, 6.07) is 15.6. The van der Waals surface area contributed by atoms with Gasteiger partial charge in [-0.25, -0.2) is 14.6 Å². The maximum atomic E-state index is 13.1. The average Bonchev–Trinajstić information content (AvgIpc) is 3.22. The molecule has 2 heterocycles. The van der Waals surface area contributed by atoms with Crippen molar-refractivity contribution >= 4 is 29.3 Å². The van der Waals surface area contributed by atoms with Crippen LogP contribution in [0.3, 0.4) is 0 Å². The molecule has 174 valence electrons. The van der Waals surface area contributed by atoms with Gasteiger partial charge in [-0.2, -0.15) is 0 Å². The number of aryl methyl sites for hydroxylation is 4. The minimum atomic E-state index is -0.290. The molecule has 0 spiro atoms. The van der Waals surface area contributed by atoms with E-state index in [2.05, 4.69) is 25.6 Å². The number of benzene rings is 2. The van der Waals surface area contributed by atoms with Gasteiger partial charge < -0.3 is 5.32 Å². The molecule has 0 aliphatic heterocycles. The van der Waals surface area contributed by atoms with Crippen LogP contribution in [-0.2, 0) is 12.3 Å². The van der Waals surface area contributed by atoms with Crippen molar-refractivity contribution in [3.8, 4) is 5.69 Å². The van der Waals surface area contributed by atoms with E-state index in [1.165, 1.54) is 17.3 Å². The molecule has 9 heteroatoms. The zero-order chi connectivity index (χ0) is 24.2. The van der Waals surface area contributed by atoms with Gasteiger partial charge in [0.2, 0.25) is 0 Å². The van der Waals surface area contributed by atoms with Crippen LogP contribution in [0.25, 0.3) is 5.69 Å². The Morgan fingerprint density at radius 1 is 1.00 bits per heavy atom. The highest BCUT2D eigenvalue weighted by Gasteiger charge is 2.21. The fourth-order valence-electron chi connectivity index (χ4n) is 3.39. The van der Waals surface area contributed by atoms with Gasteiger partial charge in [-0.15, -0.1) is 5.10 Å². The summed E-state index contributed by atoms with van der Waals surface area (Å²) >= 11 is 7.79. The number of aromatic nitrogens is 5. The van der Waals surface area contributed by atoms with Gasteiger partial charge in [0.25, 0.3) is 5.91 Å². The summed E-state index contributed by atoms with van der Waals surface area (Å²) in [6.07, 6.45) is 0. The van der Waals surface area contributed by atoms with Crippen LogP contribution in [0.4, 0.5) is 0 Å². The summed E-state index contributed by atoms with van der Waals surface area (Å²) in [5.41, 5.74) is 6.57. The van der Waals surface area contributed by atoms with Crippen LogP contribution in [0.5, 0.6) is 0 Å². The van der Waals surface area contributed by atoms with Crippen molar-refractivity contribution in [1.29, 1.82) is 0 Å². The lowest BCUT2D eigenvalue weighted by atomic mass is 10.1. The molecular weight excluding hydrogens is 468 g/mol. The number of rotatable bonds is 7. The fraction of sp³-hybridized carbons (Fsp3) is 0.240. The van der Waals surface area contributed by atoms with Crippen molar-refractivity contribution in [2.24, 2.45) is 0 Å². The quantitative estimate of drug-likeness (QED) is 0.283. The number of nitrogens with one attached hydrogen (secondary N) is 1. The van der Waals surface area contributed by atoms with E-state index in [1.54, 1.807) is 4.68 Å². The number of halogens is 1. The van der Waals surface area contributed by atoms with E-state index >= 15 is 0 Å². The topological polar surface area (TPSA) is 85.6 Å². The summed E-state index contributed by atoms with van der Waals surface area (Å²) in [7, 11) is 0. The first-order chi connectivity index (χ1) is 16.3. The van der Waals surface area contributed by atoms with Crippen LogP contribution < -0.4 is 5.32 Å². The van der Waals surface area contributed by atoms with E-state index < -0.39 is 0 Å². The monoisotopic (exact) mass is 492 g/mol. The smallest absolute Gasteiger partial charge is 0.274 e. The Morgan fingerprint density at radius 2 is 1.71 bits per heavy atom. The zero-order valence-corrected chi connectivity index (χ0v) is 21.0. The third-order valence-electron chi connectivity index (χ3n) is 5.25. The van der Waals surface area contributed by atoms with Crippen LogP contribution in [0, 0.1) is 27.7 Å². The van der Waals surface area contributed by atoms with Crippen LogP contribution in [0.1, 0.15) is 44.3 Å². The van der Waals surface area contributed by atoms with Crippen molar-refractivity contribution < 1.29 is 4.79 Å². The standard InChI is InChI=1S/C25H25ClN6OS/c1-15-5-8-19(9-6-15)13-27-24(33)23-22(14-34-25-28-17(3)11-18(4)29-25)32(31-30-23)20-10-7-16(2)21(26)12-20/h5-12H,13-14H2,1-4H3,(H,27,33). The summed E-state index contributed by atoms with van der Waals surface area (Å²) in [5.74, 6) is 0.122. The highest BCUT2D eigenvalue weighted by atomic mass is 35.5. The maximum absolute atomic E-state index is 13.1. The van der Waals surface area contributed by atoms with Crippen molar-refractivity contribution in [3.63, 3.8) is 0 Å². The summed E-state index contributed by atoms with van der Waals surface area (Å²) < 4.78 is 1.65. The summed E-state index contributed by atoms with van der Waals surface area (Å²) in [6.45, 7) is 8.23. The van der Waals surface area contributed by atoms with Crippen LogP contribution in [-0.4, -0.2) is 30.9 Å². The van der Waals surface area contributed by atoms with E-state index in [4.69, 9.17) is 11.6 Å². The van der Waals surface area contributed by atoms with E-state index in [0.29, 0.717) is 28.2 Å². The van der Waals surface area contributed by atoms with E-state index in [1.807, 2.05) is 76.2 Å². The number of nitrogens with zero attached hydrogens (tertiary/aromatic N) is 5.